The first-order chi connectivity index (χ1) is 9.59. The number of halogens is 1. The van der Waals surface area contributed by atoms with E-state index in [1.54, 1.807) is 0 Å². The molecule has 0 amide bonds. The zero-order chi connectivity index (χ0) is 14.5. The van der Waals surface area contributed by atoms with Gasteiger partial charge in [-0.25, -0.2) is 0 Å². The molecule has 1 aromatic rings. The molecular weight excluding hydrogens is 312 g/mol. The van der Waals surface area contributed by atoms with E-state index < -0.39 is 0 Å². The van der Waals surface area contributed by atoms with Crippen molar-refractivity contribution in [2.75, 3.05) is 19.6 Å². The Kier molecular flexibility index (Phi) is 6.06. The monoisotopic (exact) mass is 338 g/mol. The minimum Gasteiger partial charge on any atom is -0.309 e. The van der Waals surface area contributed by atoms with Gasteiger partial charge in [0.05, 0.1) is 0 Å². The molecular formula is C17H27BrN2. The van der Waals surface area contributed by atoms with Crippen LogP contribution in [0.1, 0.15) is 45.2 Å². The quantitative estimate of drug-likeness (QED) is 0.835. The van der Waals surface area contributed by atoms with E-state index in [1.807, 2.05) is 0 Å². The van der Waals surface area contributed by atoms with Crippen LogP contribution in [0.4, 0.5) is 0 Å². The van der Waals surface area contributed by atoms with E-state index >= 15 is 0 Å². The molecule has 2 unspecified atom stereocenters. The Morgan fingerprint density at radius 3 is 2.40 bits per heavy atom. The van der Waals surface area contributed by atoms with E-state index in [0.717, 1.165) is 6.54 Å². The van der Waals surface area contributed by atoms with E-state index in [4.69, 9.17) is 0 Å². The summed E-state index contributed by atoms with van der Waals surface area (Å²) in [6.07, 6.45) is 2.73. The third-order valence-electron chi connectivity index (χ3n) is 4.38. The molecule has 112 valence electrons. The fourth-order valence-electron chi connectivity index (χ4n) is 3.09. The third kappa shape index (κ3) is 4.06. The predicted octanol–water partition coefficient (Wildman–Crippen LogP) is 4.22. The highest BCUT2D eigenvalue weighted by Gasteiger charge is 2.24. The fourth-order valence-corrected chi connectivity index (χ4v) is 3.72. The summed E-state index contributed by atoms with van der Waals surface area (Å²) in [5, 5.41) is 3.73. The maximum Gasteiger partial charge on any atom is 0.0303 e. The molecule has 2 atom stereocenters. The summed E-state index contributed by atoms with van der Waals surface area (Å²) in [7, 11) is 0. The number of likely N-dealkylation sites (tertiary alicyclic amines) is 1. The topological polar surface area (TPSA) is 15.3 Å². The first-order valence-electron chi connectivity index (χ1n) is 7.81. The largest absolute Gasteiger partial charge is 0.309 e. The Morgan fingerprint density at radius 1 is 1.15 bits per heavy atom. The van der Waals surface area contributed by atoms with Crippen molar-refractivity contribution in [3.63, 3.8) is 0 Å². The van der Waals surface area contributed by atoms with Gasteiger partial charge in [0.25, 0.3) is 0 Å². The molecule has 1 heterocycles. The lowest BCUT2D eigenvalue weighted by Crippen LogP contribution is -2.44. The molecule has 0 bridgehead atoms. The van der Waals surface area contributed by atoms with Gasteiger partial charge in [0.1, 0.15) is 0 Å². The summed E-state index contributed by atoms with van der Waals surface area (Å²) in [6.45, 7) is 10.5. The summed E-state index contributed by atoms with van der Waals surface area (Å²) in [5.41, 5.74) is 1.34. The van der Waals surface area contributed by atoms with Gasteiger partial charge in [-0.05, 0) is 50.4 Å². The summed E-state index contributed by atoms with van der Waals surface area (Å²) in [6, 6.07) is 9.53. The van der Waals surface area contributed by atoms with Crippen LogP contribution in [0.25, 0.3) is 0 Å². The number of benzene rings is 1. The lowest BCUT2D eigenvalue weighted by Gasteiger charge is -2.32. The van der Waals surface area contributed by atoms with Gasteiger partial charge < -0.3 is 5.32 Å². The smallest absolute Gasteiger partial charge is 0.0303 e. The van der Waals surface area contributed by atoms with Crippen LogP contribution in [0.15, 0.2) is 28.7 Å². The zero-order valence-electron chi connectivity index (χ0n) is 12.9. The number of nitrogens with one attached hydrogen (secondary N) is 1. The molecule has 0 saturated carbocycles. The molecule has 2 rings (SSSR count). The second kappa shape index (κ2) is 7.58. The summed E-state index contributed by atoms with van der Waals surface area (Å²) in [4.78, 5) is 2.66. The van der Waals surface area contributed by atoms with Crippen molar-refractivity contribution in [2.24, 2.45) is 5.92 Å². The molecule has 0 aliphatic carbocycles. The van der Waals surface area contributed by atoms with Gasteiger partial charge >= 0.3 is 0 Å². The molecule has 0 aromatic heterocycles. The average Bonchev–Trinajstić information content (AvgIpc) is 2.92. The molecule has 1 N–H and O–H groups in total. The van der Waals surface area contributed by atoms with Crippen LogP contribution in [0.2, 0.25) is 0 Å². The van der Waals surface area contributed by atoms with Gasteiger partial charge in [0.2, 0.25) is 0 Å². The van der Waals surface area contributed by atoms with E-state index in [0.29, 0.717) is 18.0 Å². The predicted molar refractivity (Wildman–Crippen MR) is 90.0 cm³/mol. The van der Waals surface area contributed by atoms with Gasteiger partial charge in [-0.2, -0.15) is 0 Å². The van der Waals surface area contributed by atoms with Crippen LogP contribution in [-0.2, 0) is 0 Å². The molecule has 2 nitrogen and oxygen atoms in total. The molecule has 1 aliphatic rings. The Bertz CT molecular complexity index is 413. The number of hydrogen-bond donors (Lipinski definition) is 1. The van der Waals surface area contributed by atoms with Gasteiger partial charge in [-0.15, -0.1) is 0 Å². The van der Waals surface area contributed by atoms with Crippen molar-refractivity contribution in [3.8, 4) is 0 Å². The van der Waals surface area contributed by atoms with Gasteiger partial charge in [0.15, 0.2) is 0 Å². The standard InChI is InChI=1S/C17H27BrN2/c1-13(2)17(20-10-6-7-11-20)12-19-14(3)15-8-4-5-9-16(15)18/h4-5,8-9,13-14,17,19H,6-7,10-12H2,1-3H3. The van der Waals surface area contributed by atoms with Crippen molar-refractivity contribution in [3.05, 3.63) is 34.3 Å². The lowest BCUT2D eigenvalue weighted by atomic mass is 10.0. The number of hydrogen-bond acceptors (Lipinski definition) is 2. The first kappa shape index (κ1) is 16.0. The maximum absolute atomic E-state index is 3.73. The van der Waals surface area contributed by atoms with Crippen LogP contribution >= 0.6 is 15.9 Å². The van der Waals surface area contributed by atoms with Crippen LogP contribution in [0.5, 0.6) is 0 Å². The molecule has 1 aromatic carbocycles. The summed E-state index contributed by atoms with van der Waals surface area (Å²) in [5.74, 6) is 0.701. The van der Waals surface area contributed by atoms with Gasteiger partial charge in [-0.1, -0.05) is 48.0 Å². The zero-order valence-corrected chi connectivity index (χ0v) is 14.5. The molecule has 1 saturated heterocycles. The highest BCUT2D eigenvalue weighted by atomic mass is 79.9. The van der Waals surface area contributed by atoms with Crippen molar-refractivity contribution >= 4 is 15.9 Å². The molecule has 20 heavy (non-hydrogen) atoms. The Hall–Kier alpha value is -0.380. The molecule has 1 aliphatic heterocycles. The number of nitrogens with zero attached hydrogens (tertiary/aromatic N) is 1. The lowest BCUT2D eigenvalue weighted by molar-refractivity contribution is 0.183. The highest BCUT2D eigenvalue weighted by Crippen LogP contribution is 2.23. The molecule has 1 fully saturated rings. The molecule has 0 spiro atoms. The summed E-state index contributed by atoms with van der Waals surface area (Å²) < 4.78 is 1.20. The van der Waals surface area contributed by atoms with Crippen molar-refractivity contribution in [1.82, 2.24) is 10.2 Å². The first-order valence-corrected chi connectivity index (χ1v) is 8.60. The van der Waals surface area contributed by atoms with E-state index in [-0.39, 0.29) is 0 Å². The second-order valence-corrected chi connectivity index (χ2v) is 7.06. The van der Waals surface area contributed by atoms with Crippen molar-refractivity contribution in [1.29, 1.82) is 0 Å². The van der Waals surface area contributed by atoms with Crippen LogP contribution in [0, 0.1) is 5.92 Å². The van der Waals surface area contributed by atoms with E-state index in [2.05, 4.69) is 71.2 Å². The SMILES string of the molecule is CC(NCC(C(C)C)N1CCCC1)c1ccccc1Br. The van der Waals surface area contributed by atoms with Gasteiger partial charge in [0, 0.05) is 23.1 Å². The Morgan fingerprint density at radius 2 is 1.80 bits per heavy atom. The highest BCUT2D eigenvalue weighted by molar-refractivity contribution is 9.10. The number of rotatable bonds is 6. The average molecular weight is 339 g/mol. The van der Waals surface area contributed by atoms with E-state index in [1.165, 1.54) is 36.0 Å². The Balaban J connectivity index is 1.93. The van der Waals surface area contributed by atoms with Crippen LogP contribution in [0.3, 0.4) is 0 Å². The fraction of sp³-hybridized carbons (Fsp3) is 0.647. The van der Waals surface area contributed by atoms with Crippen molar-refractivity contribution in [2.45, 2.75) is 45.7 Å². The van der Waals surface area contributed by atoms with Crippen molar-refractivity contribution < 1.29 is 0 Å². The minimum atomic E-state index is 0.384. The molecule has 3 heteroatoms. The normalized spacial score (nSPS) is 19.4. The Labute approximate surface area is 132 Å². The van der Waals surface area contributed by atoms with E-state index in [9.17, 15) is 0 Å². The van der Waals surface area contributed by atoms with Gasteiger partial charge in [-0.3, -0.25) is 4.90 Å². The maximum atomic E-state index is 3.73. The third-order valence-corrected chi connectivity index (χ3v) is 5.11. The minimum absolute atomic E-state index is 0.384. The summed E-state index contributed by atoms with van der Waals surface area (Å²) >= 11 is 3.65. The van der Waals surface area contributed by atoms with Crippen LogP contribution < -0.4 is 5.32 Å². The molecule has 0 radical (unpaired) electrons. The van der Waals surface area contributed by atoms with Crippen LogP contribution in [-0.4, -0.2) is 30.6 Å². The second-order valence-electron chi connectivity index (χ2n) is 6.21.